The highest BCUT2D eigenvalue weighted by Crippen LogP contribution is 2.16. The minimum Gasteiger partial charge on any atom is -0.0622 e. The van der Waals surface area contributed by atoms with Crippen LogP contribution in [-0.2, 0) is 0 Å². The lowest BCUT2D eigenvalue weighted by Crippen LogP contribution is -1.74. The van der Waals surface area contributed by atoms with Gasteiger partial charge in [0.05, 0.1) is 0 Å². The molecular weight excluding hydrogens is 144 g/mol. The van der Waals surface area contributed by atoms with E-state index in [0.717, 1.165) is 5.56 Å². The lowest BCUT2D eigenvalue weighted by Gasteiger charge is -1.97. The zero-order chi connectivity index (χ0) is 8.23. The van der Waals surface area contributed by atoms with Crippen molar-refractivity contribution in [2.45, 2.75) is 0 Å². The second kappa shape index (κ2) is 3.22. The lowest BCUT2D eigenvalue weighted by atomic mass is 10.1. The van der Waals surface area contributed by atoms with Crippen molar-refractivity contribution in [1.82, 2.24) is 0 Å². The summed E-state index contributed by atoms with van der Waals surface area (Å²) in [4.78, 5) is 0. The highest BCUT2D eigenvalue weighted by atomic mass is 14.0. The van der Waals surface area contributed by atoms with Crippen LogP contribution in [0.15, 0.2) is 48.5 Å². The summed E-state index contributed by atoms with van der Waals surface area (Å²) in [5, 5.41) is 0. The van der Waals surface area contributed by atoms with E-state index in [4.69, 9.17) is 0 Å². The summed E-state index contributed by atoms with van der Waals surface area (Å²) in [6, 6.07) is 22.0. The number of hydrogen-bond acceptors (Lipinski definition) is 0. The van der Waals surface area contributed by atoms with Crippen molar-refractivity contribution in [3.8, 4) is 11.1 Å². The van der Waals surface area contributed by atoms with Crippen LogP contribution >= 0.6 is 0 Å². The molecule has 0 atom stereocenters. The third-order valence-electron chi connectivity index (χ3n) is 1.73. The van der Waals surface area contributed by atoms with Gasteiger partial charge in [0.15, 0.2) is 0 Å². The summed E-state index contributed by atoms with van der Waals surface area (Å²) in [5.41, 5.74) is 2.28. The maximum atomic E-state index is 3.15. The summed E-state index contributed by atoms with van der Waals surface area (Å²) >= 11 is 0. The van der Waals surface area contributed by atoms with Crippen LogP contribution in [0.25, 0.3) is 11.1 Å². The maximum absolute atomic E-state index is 3.15. The zero-order valence-corrected chi connectivity index (χ0v) is 6.62. The summed E-state index contributed by atoms with van der Waals surface area (Å²) in [6.07, 6.45) is 0. The van der Waals surface area contributed by atoms with Crippen molar-refractivity contribution in [3.05, 3.63) is 60.7 Å². The van der Waals surface area contributed by atoms with Gasteiger partial charge in [0.25, 0.3) is 0 Å². The predicted molar refractivity (Wildman–Crippen MR) is 49.6 cm³/mol. The Kier molecular flexibility index (Phi) is 1.91. The van der Waals surface area contributed by atoms with Gasteiger partial charge < -0.3 is 0 Å². The van der Waals surface area contributed by atoms with E-state index in [1.165, 1.54) is 5.56 Å². The molecule has 0 aliphatic carbocycles. The Morgan fingerprint density at radius 1 is 0.917 bits per heavy atom. The van der Waals surface area contributed by atoms with Crippen LogP contribution in [-0.4, -0.2) is 0 Å². The Balaban J connectivity index is 2.46. The third-order valence-corrected chi connectivity index (χ3v) is 1.73. The van der Waals surface area contributed by atoms with E-state index in [1.807, 2.05) is 36.4 Å². The molecule has 0 amide bonds. The molecule has 0 spiro atoms. The minimum atomic E-state index is 1.10. The smallest absolute Gasteiger partial charge is 0.00987 e. The van der Waals surface area contributed by atoms with Crippen LogP contribution in [0.3, 0.4) is 0 Å². The molecule has 0 unspecified atom stereocenters. The Labute approximate surface area is 72.5 Å². The van der Waals surface area contributed by atoms with Crippen molar-refractivity contribution >= 4 is 0 Å². The lowest BCUT2D eigenvalue weighted by molar-refractivity contribution is 1.60. The molecular formula is C12H8. The van der Waals surface area contributed by atoms with E-state index >= 15 is 0 Å². The molecule has 0 aliphatic heterocycles. The molecule has 0 N–H and O–H groups in total. The first kappa shape index (κ1) is 7.11. The van der Waals surface area contributed by atoms with Crippen LogP contribution in [0.1, 0.15) is 0 Å². The normalized spacial score (nSPS) is 9.67. The fraction of sp³-hybridized carbons (Fsp3) is 0. The summed E-state index contributed by atoms with van der Waals surface area (Å²) in [7, 11) is 0. The minimum absolute atomic E-state index is 1.10. The van der Waals surface area contributed by atoms with Gasteiger partial charge in [0.1, 0.15) is 0 Å². The number of hydrogen-bond donors (Lipinski definition) is 0. The highest BCUT2D eigenvalue weighted by Gasteiger charge is 1.92. The van der Waals surface area contributed by atoms with Crippen LogP contribution in [0.4, 0.5) is 0 Å². The molecule has 56 valence electrons. The molecule has 0 aliphatic rings. The molecule has 2 radical (unpaired) electrons. The van der Waals surface area contributed by atoms with Crippen LogP contribution < -0.4 is 0 Å². The molecule has 0 heterocycles. The average Bonchev–Trinajstić information content (AvgIpc) is 2.21. The molecule has 2 aromatic carbocycles. The van der Waals surface area contributed by atoms with Gasteiger partial charge in [-0.1, -0.05) is 42.5 Å². The monoisotopic (exact) mass is 152 g/mol. The molecule has 0 saturated carbocycles. The fourth-order valence-corrected chi connectivity index (χ4v) is 1.14. The topological polar surface area (TPSA) is 0 Å². The first-order valence-corrected chi connectivity index (χ1v) is 3.90. The van der Waals surface area contributed by atoms with Gasteiger partial charge >= 0.3 is 0 Å². The van der Waals surface area contributed by atoms with E-state index in [1.54, 1.807) is 0 Å². The standard InChI is InChI=1S/C12H8/c1-3-7-11(8-4-1)12-9-5-2-6-10-12/h1-5,7-8,10H. The number of benzene rings is 2. The predicted octanol–water partition coefficient (Wildman–Crippen LogP) is 2.95. The van der Waals surface area contributed by atoms with Crippen LogP contribution in [0.5, 0.6) is 0 Å². The van der Waals surface area contributed by atoms with Gasteiger partial charge in [-0.05, 0) is 29.3 Å². The summed E-state index contributed by atoms with van der Waals surface area (Å²) in [6.45, 7) is 0. The summed E-state index contributed by atoms with van der Waals surface area (Å²) < 4.78 is 0. The Bertz CT molecular complexity index is 297. The Morgan fingerprint density at radius 2 is 1.75 bits per heavy atom. The molecule has 0 heteroatoms. The van der Waals surface area contributed by atoms with E-state index in [-0.39, 0.29) is 0 Å². The summed E-state index contributed by atoms with van der Waals surface area (Å²) in [5.74, 6) is 0. The molecule has 12 heavy (non-hydrogen) atoms. The quantitative estimate of drug-likeness (QED) is 0.589. The van der Waals surface area contributed by atoms with E-state index in [0.29, 0.717) is 0 Å². The highest BCUT2D eigenvalue weighted by molar-refractivity contribution is 5.61. The molecule has 0 fully saturated rings. The second-order valence-corrected chi connectivity index (χ2v) is 2.57. The van der Waals surface area contributed by atoms with Crippen molar-refractivity contribution in [2.24, 2.45) is 0 Å². The maximum Gasteiger partial charge on any atom is -0.00987 e. The van der Waals surface area contributed by atoms with Crippen molar-refractivity contribution in [2.75, 3.05) is 0 Å². The van der Waals surface area contributed by atoms with Crippen LogP contribution in [0.2, 0.25) is 0 Å². The zero-order valence-electron chi connectivity index (χ0n) is 6.62. The van der Waals surface area contributed by atoms with Gasteiger partial charge in [0, 0.05) is 0 Å². The SMILES string of the molecule is [c]1cc[c]c(-c2ccccc2)c1. The molecule has 0 nitrogen and oxygen atoms in total. The van der Waals surface area contributed by atoms with Crippen LogP contribution in [0, 0.1) is 12.1 Å². The molecule has 0 saturated heterocycles. The third kappa shape index (κ3) is 1.37. The fourth-order valence-electron chi connectivity index (χ4n) is 1.14. The van der Waals surface area contributed by atoms with E-state index in [9.17, 15) is 0 Å². The van der Waals surface area contributed by atoms with Gasteiger partial charge in [-0.3, -0.25) is 0 Å². The molecule has 0 bridgehead atoms. The molecule has 2 rings (SSSR count). The Hall–Kier alpha value is -1.56. The van der Waals surface area contributed by atoms with Gasteiger partial charge in [-0.2, -0.15) is 0 Å². The number of rotatable bonds is 1. The van der Waals surface area contributed by atoms with Gasteiger partial charge in [-0.25, -0.2) is 0 Å². The molecule has 2 aromatic rings. The largest absolute Gasteiger partial charge is 0.0622 e. The first-order valence-electron chi connectivity index (χ1n) is 3.90. The Morgan fingerprint density at radius 3 is 2.42 bits per heavy atom. The van der Waals surface area contributed by atoms with E-state index < -0.39 is 0 Å². The van der Waals surface area contributed by atoms with Crippen molar-refractivity contribution in [3.63, 3.8) is 0 Å². The first-order chi connectivity index (χ1) is 5.97. The van der Waals surface area contributed by atoms with E-state index in [2.05, 4.69) is 24.3 Å². The molecule has 0 aromatic heterocycles. The van der Waals surface area contributed by atoms with Gasteiger partial charge in [0.2, 0.25) is 0 Å². The average molecular weight is 152 g/mol. The van der Waals surface area contributed by atoms with Gasteiger partial charge in [-0.15, -0.1) is 0 Å². The second-order valence-electron chi connectivity index (χ2n) is 2.57. The van der Waals surface area contributed by atoms with Crippen molar-refractivity contribution in [1.29, 1.82) is 0 Å². The van der Waals surface area contributed by atoms with Crippen molar-refractivity contribution < 1.29 is 0 Å².